The summed E-state index contributed by atoms with van der Waals surface area (Å²) in [6.07, 6.45) is 1.67. The molecule has 1 aromatic heterocycles. The van der Waals surface area contributed by atoms with Gasteiger partial charge in [0.2, 0.25) is 0 Å². The van der Waals surface area contributed by atoms with Gasteiger partial charge in [-0.15, -0.1) is 11.3 Å². The van der Waals surface area contributed by atoms with E-state index >= 15 is 0 Å². The van der Waals surface area contributed by atoms with Gasteiger partial charge in [-0.3, -0.25) is 0 Å². The van der Waals surface area contributed by atoms with Gasteiger partial charge in [-0.1, -0.05) is 37.3 Å². The van der Waals surface area contributed by atoms with Crippen LogP contribution in [0.3, 0.4) is 0 Å². The van der Waals surface area contributed by atoms with Gasteiger partial charge in [0.1, 0.15) is 10.6 Å². The minimum absolute atomic E-state index is 0.0128. The molecule has 0 bridgehead atoms. The molecule has 4 heteroatoms. The van der Waals surface area contributed by atoms with Gasteiger partial charge in [-0.05, 0) is 25.8 Å². The maximum Gasteiger partial charge on any atom is 0.125 e. The van der Waals surface area contributed by atoms with Crippen molar-refractivity contribution in [2.45, 2.75) is 45.3 Å². The molecule has 1 aromatic carbocycles. The standard InChI is InChI=1S/C17H24N2OS/c1-4-17(3,20-5-2)16-19-14(12-21-16)11-15(18)13-9-7-6-8-10-13/h6-10,12,15H,4-5,11,18H2,1-3H3. The molecule has 0 radical (unpaired) electrons. The van der Waals surface area contributed by atoms with Crippen LogP contribution in [0.5, 0.6) is 0 Å². The summed E-state index contributed by atoms with van der Waals surface area (Å²) in [5.74, 6) is 0. The van der Waals surface area contributed by atoms with Crippen molar-refractivity contribution in [3.63, 3.8) is 0 Å². The van der Waals surface area contributed by atoms with Crippen molar-refractivity contribution in [2.24, 2.45) is 5.73 Å². The highest BCUT2D eigenvalue weighted by molar-refractivity contribution is 7.09. The quantitative estimate of drug-likeness (QED) is 0.839. The largest absolute Gasteiger partial charge is 0.368 e. The van der Waals surface area contributed by atoms with Crippen molar-refractivity contribution < 1.29 is 4.74 Å². The van der Waals surface area contributed by atoms with Crippen LogP contribution in [0.1, 0.15) is 49.5 Å². The summed E-state index contributed by atoms with van der Waals surface area (Å²) in [7, 11) is 0. The minimum Gasteiger partial charge on any atom is -0.368 e. The van der Waals surface area contributed by atoms with Gasteiger partial charge in [0.25, 0.3) is 0 Å². The van der Waals surface area contributed by atoms with Gasteiger partial charge in [0, 0.05) is 24.4 Å². The third-order valence-corrected chi connectivity index (χ3v) is 4.93. The maximum atomic E-state index is 6.27. The fourth-order valence-corrected chi connectivity index (χ4v) is 3.34. The maximum absolute atomic E-state index is 6.27. The Labute approximate surface area is 131 Å². The van der Waals surface area contributed by atoms with Crippen LogP contribution in [-0.2, 0) is 16.8 Å². The Morgan fingerprint density at radius 1 is 1.29 bits per heavy atom. The lowest BCUT2D eigenvalue weighted by Crippen LogP contribution is -2.25. The summed E-state index contributed by atoms with van der Waals surface area (Å²) in [6.45, 7) is 6.96. The predicted molar refractivity (Wildman–Crippen MR) is 88.5 cm³/mol. The number of nitrogens with two attached hydrogens (primary N) is 1. The molecule has 2 rings (SSSR count). The van der Waals surface area contributed by atoms with E-state index in [9.17, 15) is 0 Å². The molecule has 0 spiro atoms. The number of ether oxygens (including phenoxy) is 1. The molecule has 2 N–H and O–H groups in total. The van der Waals surface area contributed by atoms with Crippen molar-refractivity contribution in [3.8, 4) is 0 Å². The Morgan fingerprint density at radius 2 is 2.00 bits per heavy atom. The third kappa shape index (κ3) is 3.90. The van der Waals surface area contributed by atoms with Gasteiger partial charge in [-0.25, -0.2) is 4.98 Å². The van der Waals surface area contributed by atoms with Crippen LogP contribution in [0.15, 0.2) is 35.7 Å². The number of thiazole rings is 1. The average Bonchev–Trinajstić information content (AvgIpc) is 2.97. The van der Waals surface area contributed by atoms with Crippen molar-refractivity contribution in [2.75, 3.05) is 6.61 Å². The zero-order chi connectivity index (χ0) is 15.3. The van der Waals surface area contributed by atoms with Crippen LogP contribution in [0.2, 0.25) is 0 Å². The lowest BCUT2D eigenvalue weighted by atomic mass is 10.0. The fraction of sp³-hybridized carbons (Fsp3) is 0.471. The second-order valence-electron chi connectivity index (χ2n) is 5.38. The van der Waals surface area contributed by atoms with Gasteiger partial charge in [-0.2, -0.15) is 0 Å². The molecule has 1 heterocycles. The van der Waals surface area contributed by atoms with E-state index in [4.69, 9.17) is 15.5 Å². The van der Waals surface area contributed by atoms with E-state index in [2.05, 4.69) is 31.4 Å². The van der Waals surface area contributed by atoms with Crippen molar-refractivity contribution in [3.05, 3.63) is 52.0 Å². The molecule has 3 nitrogen and oxygen atoms in total. The number of nitrogens with zero attached hydrogens (tertiary/aromatic N) is 1. The molecular formula is C17H24N2OS. The summed E-state index contributed by atoms with van der Waals surface area (Å²) < 4.78 is 5.88. The summed E-state index contributed by atoms with van der Waals surface area (Å²) in [6, 6.07) is 10.2. The molecule has 0 aliphatic rings. The van der Waals surface area contributed by atoms with E-state index < -0.39 is 0 Å². The molecule has 2 atom stereocenters. The highest BCUT2D eigenvalue weighted by Gasteiger charge is 2.28. The van der Waals surface area contributed by atoms with Gasteiger partial charge in [0.05, 0.1) is 5.69 Å². The summed E-state index contributed by atoms with van der Waals surface area (Å²) in [5, 5.41) is 3.15. The van der Waals surface area contributed by atoms with Crippen LogP contribution in [0.25, 0.3) is 0 Å². The number of hydrogen-bond acceptors (Lipinski definition) is 4. The van der Waals surface area contributed by atoms with Crippen LogP contribution in [0, 0.1) is 0 Å². The van der Waals surface area contributed by atoms with Crippen molar-refractivity contribution >= 4 is 11.3 Å². The summed E-state index contributed by atoms with van der Waals surface area (Å²) in [4.78, 5) is 4.75. The van der Waals surface area contributed by atoms with E-state index in [0.29, 0.717) is 6.61 Å². The second kappa shape index (κ2) is 7.16. The van der Waals surface area contributed by atoms with E-state index in [1.165, 1.54) is 0 Å². The van der Waals surface area contributed by atoms with Crippen LogP contribution in [-0.4, -0.2) is 11.6 Å². The van der Waals surface area contributed by atoms with Gasteiger partial charge < -0.3 is 10.5 Å². The van der Waals surface area contributed by atoms with Crippen LogP contribution in [0.4, 0.5) is 0 Å². The molecule has 0 aliphatic heterocycles. The zero-order valence-corrected chi connectivity index (χ0v) is 13.8. The molecule has 2 aromatic rings. The summed E-state index contributed by atoms with van der Waals surface area (Å²) >= 11 is 1.67. The fourth-order valence-electron chi connectivity index (χ4n) is 2.32. The van der Waals surface area contributed by atoms with E-state index in [1.807, 2.05) is 25.1 Å². The molecule has 0 aliphatic carbocycles. The Kier molecular flexibility index (Phi) is 5.51. The van der Waals surface area contributed by atoms with Crippen molar-refractivity contribution in [1.82, 2.24) is 4.98 Å². The molecule has 2 unspecified atom stereocenters. The lowest BCUT2D eigenvalue weighted by Gasteiger charge is -2.25. The molecule has 21 heavy (non-hydrogen) atoms. The zero-order valence-electron chi connectivity index (χ0n) is 13.0. The smallest absolute Gasteiger partial charge is 0.125 e. The first-order valence-corrected chi connectivity index (χ1v) is 8.36. The number of rotatable bonds is 7. The first kappa shape index (κ1) is 16.1. The lowest BCUT2D eigenvalue weighted by molar-refractivity contribution is -0.0325. The van der Waals surface area contributed by atoms with Crippen LogP contribution < -0.4 is 5.73 Å². The molecule has 114 valence electrons. The Hall–Kier alpha value is -1.23. The Morgan fingerprint density at radius 3 is 2.62 bits per heavy atom. The highest BCUT2D eigenvalue weighted by atomic mass is 32.1. The second-order valence-corrected chi connectivity index (χ2v) is 6.24. The third-order valence-electron chi connectivity index (χ3n) is 3.80. The number of aromatic nitrogens is 1. The first-order chi connectivity index (χ1) is 10.1. The normalized spacial score (nSPS) is 15.6. The summed E-state index contributed by atoms with van der Waals surface area (Å²) in [5.41, 5.74) is 8.18. The van der Waals surface area contributed by atoms with E-state index in [-0.39, 0.29) is 11.6 Å². The number of benzene rings is 1. The Bertz CT molecular complexity index is 555. The number of hydrogen-bond donors (Lipinski definition) is 1. The van der Waals surface area contributed by atoms with E-state index in [0.717, 1.165) is 29.1 Å². The highest BCUT2D eigenvalue weighted by Crippen LogP contribution is 2.32. The Balaban J connectivity index is 2.10. The monoisotopic (exact) mass is 304 g/mol. The first-order valence-electron chi connectivity index (χ1n) is 7.48. The SMILES string of the molecule is CCOC(C)(CC)c1nc(CC(N)c2ccccc2)cs1. The topological polar surface area (TPSA) is 48.1 Å². The predicted octanol–water partition coefficient (Wildman–Crippen LogP) is 4.05. The molecule has 0 saturated carbocycles. The molecule has 0 fully saturated rings. The van der Waals surface area contributed by atoms with Gasteiger partial charge >= 0.3 is 0 Å². The van der Waals surface area contributed by atoms with E-state index in [1.54, 1.807) is 11.3 Å². The molecule has 0 amide bonds. The minimum atomic E-state index is -0.283. The molecular weight excluding hydrogens is 280 g/mol. The van der Waals surface area contributed by atoms with Crippen LogP contribution >= 0.6 is 11.3 Å². The molecule has 0 saturated heterocycles. The van der Waals surface area contributed by atoms with Crippen molar-refractivity contribution in [1.29, 1.82) is 0 Å². The van der Waals surface area contributed by atoms with Gasteiger partial charge in [0.15, 0.2) is 0 Å². The average molecular weight is 304 g/mol.